The molecule has 0 fully saturated rings. The van der Waals surface area contributed by atoms with Crippen molar-refractivity contribution in [1.29, 1.82) is 0 Å². The second-order valence-electron chi connectivity index (χ2n) is 4.37. The number of rotatable bonds is 2. The second-order valence-corrected chi connectivity index (χ2v) is 5.69. The molecular weight excluding hydrogens is 240 g/mol. The third-order valence-corrected chi connectivity index (χ3v) is 4.20. The summed E-state index contributed by atoms with van der Waals surface area (Å²) in [6, 6.07) is 12.4. The highest BCUT2D eigenvalue weighted by Gasteiger charge is 2.13. The first-order valence-corrected chi connectivity index (χ1v) is 6.72. The molecule has 0 radical (unpaired) electrons. The Hall–Kier alpha value is -1.71. The SMILES string of the molecule is Cc1ccc(C(N)c2cccc3cnccc23)s1. The fourth-order valence-corrected chi connectivity index (χ4v) is 3.09. The van der Waals surface area contributed by atoms with Gasteiger partial charge in [-0.15, -0.1) is 11.3 Å². The first kappa shape index (κ1) is 11.4. The van der Waals surface area contributed by atoms with Gasteiger partial charge in [-0.25, -0.2) is 0 Å². The molecule has 3 rings (SSSR count). The summed E-state index contributed by atoms with van der Waals surface area (Å²) in [6.45, 7) is 2.11. The summed E-state index contributed by atoms with van der Waals surface area (Å²) in [5, 5.41) is 2.32. The third kappa shape index (κ3) is 1.92. The van der Waals surface area contributed by atoms with Gasteiger partial charge in [0, 0.05) is 27.5 Å². The quantitative estimate of drug-likeness (QED) is 0.758. The molecule has 2 nitrogen and oxygen atoms in total. The number of hydrogen-bond donors (Lipinski definition) is 1. The van der Waals surface area contributed by atoms with Gasteiger partial charge in [0.1, 0.15) is 0 Å². The van der Waals surface area contributed by atoms with E-state index in [2.05, 4.69) is 36.2 Å². The van der Waals surface area contributed by atoms with Crippen LogP contribution in [0.25, 0.3) is 10.8 Å². The molecule has 0 bridgehead atoms. The number of benzene rings is 1. The molecule has 90 valence electrons. The molecule has 1 unspecified atom stereocenters. The van der Waals surface area contributed by atoms with E-state index in [9.17, 15) is 0 Å². The van der Waals surface area contributed by atoms with Crippen molar-refractivity contribution < 1.29 is 0 Å². The average Bonchev–Trinajstić information content (AvgIpc) is 2.84. The van der Waals surface area contributed by atoms with Gasteiger partial charge in [-0.1, -0.05) is 18.2 Å². The summed E-state index contributed by atoms with van der Waals surface area (Å²) in [6.07, 6.45) is 3.70. The Kier molecular flexibility index (Phi) is 2.86. The van der Waals surface area contributed by atoms with Crippen LogP contribution in [-0.2, 0) is 0 Å². The summed E-state index contributed by atoms with van der Waals surface area (Å²) in [4.78, 5) is 6.65. The smallest absolute Gasteiger partial charge is 0.0652 e. The molecule has 0 saturated carbocycles. The van der Waals surface area contributed by atoms with Crippen LogP contribution in [0.1, 0.15) is 21.4 Å². The maximum absolute atomic E-state index is 6.39. The van der Waals surface area contributed by atoms with E-state index in [-0.39, 0.29) is 6.04 Å². The van der Waals surface area contributed by atoms with Crippen LogP contribution in [-0.4, -0.2) is 4.98 Å². The highest BCUT2D eigenvalue weighted by atomic mass is 32.1. The van der Waals surface area contributed by atoms with Crippen molar-refractivity contribution in [1.82, 2.24) is 4.98 Å². The number of pyridine rings is 1. The monoisotopic (exact) mass is 254 g/mol. The number of aryl methyl sites for hydroxylation is 1. The lowest BCUT2D eigenvalue weighted by Crippen LogP contribution is -2.10. The van der Waals surface area contributed by atoms with Crippen LogP contribution in [0.15, 0.2) is 48.8 Å². The van der Waals surface area contributed by atoms with E-state index in [1.54, 1.807) is 11.3 Å². The molecule has 3 heteroatoms. The number of hydrogen-bond acceptors (Lipinski definition) is 3. The molecule has 2 N–H and O–H groups in total. The Labute approximate surface area is 110 Å². The van der Waals surface area contributed by atoms with E-state index < -0.39 is 0 Å². The first-order valence-electron chi connectivity index (χ1n) is 5.90. The Morgan fingerprint density at radius 1 is 1.17 bits per heavy atom. The molecule has 0 aliphatic carbocycles. The molecule has 18 heavy (non-hydrogen) atoms. The topological polar surface area (TPSA) is 38.9 Å². The number of nitrogens with two attached hydrogens (primary N) is 1. The Bertz CT molecular complexity index is 682. The van der Waals surface area contributed by atoms with Crippen molar-refractivity contribution in [2.45, 2.75) is 13.0 Å². The lowest BCUT2D eigenvalue weighted by molar-refractivity contribution is 0.903. The van der Waals surface area contributed by atoms with Gasteiger partial charge in [-0.2, -0.15) is 0 Å². The number of aromatic nitrogens is 1. The summed E-state index contributed by atoms with van der Waals surface area (Å²) in [5.74, 6) is 0. The van der Waals surface area contributed by atoms with Crippen LogP contribution >= 0.6 is 11.3 Å². The van der Waals surface area contributed by atoms with Crippen molar-refractivity contribution in [3.63, 3.8) is 0 Å². The molecule has 0 spiro atoms. The predicted molar refractivity (Wildman–Crippen MR) is 76.8 cm³/mol. The van der Waals surface area contributed by atoms with Gasteiger partial charge in [0.05, 0.1) is 6.04 Å². The van der Waals surface area contributed by atoms with E-state index >= 15 is 0 Å². The maximum atomic E-state index is 6.39. The minimum atomic E-state index is -0.0604. The summed E-state index contributed by atoms with van der Waals surface area (Å²) in [7, 11) is 0. The molecule has 0 aliphatic rings. The van der Waals surface area contributed by atoms with Gasteiger partial charge in [0.2, 0.25) is 0 Å². The molecule has 1 aromatic carbocycles. The highest BCUT2D eigenvalue weighted by Crippen LogP contribution is 2.30. The molecule has 0 saturated heterocycles. The number of fused-ring (bicyclic) bond motifs is 1. The summed E-state index contributed by atoms with van der Waals surface area (Å²) < 4.78 is 0. The summed E-state index contributed by atoms with van der Waals surface area (Å²) >= 11 is 1.76. The Morgan fingerprint density at radius 2 is 2.06 bits per heavy atom. The molecule has 3 aromatic rings. The van der Waals surface area contributed by atoms with Gasteiger partial charge in [0.15, 0.2) is 0 Å². The van der Waals surface area contributed by atoms with Gasteiger partial charge in [-0.3, -0.25) is 4.98 Å². The molecule has 2 heterocycles. The van der Waals surface area contributed by atoms with E-state index in [1.165, 1.54) is 15.1 Å². The standard InChI is InChI=1S/C15H14N2S/c1-10-5-6-14(18-10)15(16)13-4-2-3-11-9-17-8-7-12(11)13/h2-9,15H,16H2,1H3. The molecule has 1 atom stereocenters. The summed E-state index contributed by atoms with van der Waals surface area (Å²) in [5.41, 5.74) is 7.55. The minimum absolute atomic E-state index is 0.0604. The van der Waals surface area contributed by atoms with Gasteiger partial charge >= 0.3 is 0 Å². The normalized spacial score (nSPS) is 12.8. The van der Waals surface area contributed by atoms with Gasteiger partial charge in [-0.05, 0) is 36.1 Å². The van der Waals surface area contributed by atoms with Crippen molar-refractivity contribution in [3.8, 4) is 0 Å². The maximum Gasteiger partial charge on any atom is 0.0652 e. The largest absolute Gasteiger partial charge is 0.320 e. The van der Waals surface area contributed by atoms with E-state index in [4.69, 9.17) is 5.73 Å². The zero-order valence-corrected chi connectivity index (χ0v) is 10.9. The Morgan fingerprint density at radius 3 is 2.83 bits per heavy atom. The van der Waals surface area contributed by atoms with Crippen molar-refractivity contribution >= 4 is 22.1 Å². The van der Waals surface area contributed by atoms with Crippen LogP contribution in [0.5, 0.6) is 0 Å². The van der Waals surface area contributed by atoms with E-state index in [0.717, 1.165) is 10.9 Å². The predicted octanol–water partition coefficient (Wildman–Crippen LogP) is 3.65. The molecule has 0 aliphatic heterocycles. The van der Waals surface area contributed by atoms with Crippen LogP contribution < -0.4 is 5.73 Å². The lowest BCUT2D eigenvalue weighted by Gasteiger charge is -2.13. The Balaban J connectivity index is 2.14. The number of thiophene rings is 1. The zero-order valence-electron chi connectivity index (χ0n) is 10.1. The first-order chi connectivity index (χ1) is 8.75. The molecule has 2 aromatic heterocycles. The van der Waals surface area contributed by atoms with Crippen molar-refractivity contribution in [3.05, 3.63) is 64.1 Å². The minimum Gasteiger partial charge on any atom is -0.320 e. The van der Waals surface area contributed by atoms with Crippen molar-refractivity contribution in [2.24, 2.45) is 5.73 Å². The second kappa shape index (κ2) is 4.52. The average molecular weight is 254 g/mol. The lowest BCUT2D eigenvalue weighted by atomic mass is 10.00. The van der Waals surface area contributed by atoms with E-state index in [1.807, 2.05) is 24.5 Å². The van der Waals surface area contributed by atoms with Crippen molar-refractivity contribution in [2.75, 3.05) is 0 Å². The number of nitrogens with zero attached hydrogens (tertiary/aromatic N) is 1. The highest BCUT2D eigenvalue weighted by molar-refractivity contribution is 7.12. The molecular formula is C15H14N2S. The zero-order chi connectivity index (χ0) is 12.5. The van der Waals surface area contributed by atoms with Crippen LogP contribution in [0.4, 0.5) is 0 Å². The fraction of sp³-hybridized carbons (Fsp3) is 0.133. The fourth-order valence-electron chi connectivity index (χ4n) is 2.19. The van der Waals surface area contributed by atoms with Crippen LogP contribution in [0.2, 0.25) is 0 Å². The third-order valence-electron chi connectivity index (χ3n) is 3.12. The van der Waals surface area contributed by atoms with E-state index in [0.29, 0.717) is 0 Å². The van der Waals surface area contributed by atoms with Crippen LogP contribution in [0.3, 0.4) is 0 Å². The molecule has 0 amide bonds. The van der Waals surface area contributed by atoms with Gasteiger partial charge in [0.25, 0.3) is 0 Å². The van der Waals surface area contributed by atoms with Crippen LogP contribution in [0, 0.1) is 6.92 Å². The van der Waals surface area contributed by atoms with Gasteiger partial charge < -0.3 is 5.73 Å².